The van der Waals surface area contributed by atoms with Gasteiger partial charge in [-0.25, -0.2) is 0 Å². The summed E-state index contributed by atoms with van der Waals surface area (Å²) in [4.78, 5) is 25.9. The molecule has 1 saturated carbocycles. The summed E-state index contributed by atoms with van der Waals surface area (Å²) < 4.78 is 0. The van der Waals surface area contributed by atoms with Crippen molar-refractivity contribution < 1.29 is 9.59 Å². The van der Waals surface area contributed by atoms with Crippen LogP contribution in [0.2, 0.25) is 0 Å². The van der Waals surface area contributed by atoms with Crippen LogP contribution in [0.5, 0.6) is 0 Å². The molecule has 1 N–H and O–H groups in total. The molecular weight excluding hydrogens is 252 g/mol. The Morgan fingerprint density at radius 1 is 1.15 bits per heavy atom. The Morgan fingerprint density at radius 2 is 1.75 bits per heavy atom. The van der Waals surface area contributed by atoms with Crippen molar-refractivity contribution in [3.8, 4) is 0 Å². The molecule has 4 heteroatoms. The van der Waals surface area contributed by atoms with Gasteiger partial charge in [-0.05, 0) is 26.2 Å². The van der Waals surface area contributed by atoms with Crippen LogP contribution in [-0.2, 0) is 9.59 Å². The van der Waals surface area contributed by atoms with E-state index in [9.17, 15) is 9.59 Å². The van der Waals surface area contributed by atoms with Gasteiger partial charge in [0.25, 0.3) is 0 Å². The maximum Gasteiger partial charge on any atom is 0.247 e. The second kappa shape index (κ2) is 7.21. The van der Waals surface area contributed by atoms with Gasteiger partial charge in [-0.2, -0.15) is 0 Å². The second-order valence-corrected chi connectivity index (χ2v) is 6.32. The van der Waals surface area contributed by atoms with Crippen LogP contribution in [0.15, 0.2) is 0 Å². The molecule has 1 saturated heterocycles. The van der Waals surface area contributed by atoms with Crippen molar-refractivity contribution in [3.05, 3.63) is 0 Å². The second-order valence-electron chi connectivity index (χ2n) is 6.32. The molecule has 4 nitrogen and oxygen atoms in total. The molecule has 2 amide bonds. The zero-order valence-electron chi connectivity index (χ0n) is 12.9. The van der Waals surface area contributed by atoms with E-state index in [1.54, 1.807) is 0 Å². The molecule has 0 aromatic heterocycles. The first-order chi connectivity index (χ1) is 9.63. The summed E-state index contributed by atoms with van der Waals surface area (Å²) in [5.74, 6) is -0.0147. The maximum atomic E-state index is 12.4. The highest BCUT2D eigenvalue weighted by Gasteiger charge is 2.41. The zero-order chi connectivity index (χ0) is 14.5. The first-order valence-electron chi connectivity index (χ1n) is 8.25. The topological polar surface area (TPSA) is 49.4 Å². The molecule has 2 atom stereocenters. The van der Waals surface area contributed by atoms with Gasteiger partial charge >= 0.3 is 0 Å². The average Bonchev–Trinajstić information content (AvgIpc) is 2.67. The van der Waals surface area contributed by atoms with E-state index in [0.29, 0.717) is 12.5 Å². The Labute approximate surface area is 122 Å². The predicted octanol–water partition coefficient (Wildman–Crippen LogP) is 2.61. The lowest BCUT2D eigenvalue weighted by molar-refractivity contribution is -0.141. The largest absolute Gasteiger partial charge is 0.303 e. The Hall–Kier alpha value is -0.900. The Balaban J connectivity index is 1.92. The van der Waals surface area contributed by atoms with Gasteiger partial charge in [0.2, 0.25) is 11.8 Å². The lowest BCUT2D eigenvalue weighted by Crippen LogP contribution is -2.46. The van der Waals surface area contributed by atoms with Gasteiger partial charge in [-0.3, -0.25) is 14.5 Å². The van der Waals surface area contributed by atoms with E-state index >= 15 is 0 Å². The Morgan fingerprint density at radius 3 is 2.35 bits per heavy atom. The first-order valence-corrected chi connectivity index (χ1v) is 8.25. The van der Waals surface area contributed by atoms with Crippen molar-refractivity contribution in [1.29, 1.82) is 0 Å². The van der Waals surface area contributed by atoms with Crippen LogP contribution < -0.4 is 5.32 Å². The molecule has 20 heavy (non-hydrogen) atoms. The summed E-state index contributed by atoms with van der Waals surface area (Å²) >= 11 is 0. The van der Waals surface area contributed by atoms with Crippen molar-refractivity contribution in [2.45, 2.75) is 89.8 Å². The van der Waals surface area contributed by atoms with E-state index in [2.05, 4.69) is 5.32 Å². The van der Waals surface area contributed by atoms with E-state index in [1.165, 1.54) is 37.0 Å². The molecule has 0 aromatic carbocycles. The van der Waals surface area contributed by atoms with Crippen molar-refractivity contribution in [1.82, 2.24) is 10.2 Å². The van der Waals surface area contributed by atoms with Gasteiger partial charge in [-0.1, -0.05) is 39.0 Å². The highest BCUT2D eigenvalue weighted by Crippen LogP contribution is 2.22. The van der Waals surface area contributed by atoms with E-state index in [4.69, 9.17) is 0 Å². The van der Waals surface area contributed by atoms with Crippen molar-refractivity contribution in [2.24, 2.45) is 0 Å². The number of nitrogens with one attached hydrogen (secondary N) is 1. The molecule has 0 aromatic rings. The van der Waals surface area contributed by atoms with Crippen LogP contribution in [0.1, 0.15) is 71.6 Å². The highest BCUT2D eigenvalue weighted by molar-refractivity contribution is 6.05. The molecule has 1 aliphatic heterocycles. The van der Waals surface area contributed by atoms with Crippen LogP contribution in [-0.4, -0.2) is 34.8 Å². The minimum Gasteiger partial charge on any atom is -0.303 e. The molecule has 114 valence electrons. The van der Waals surface area contributed by atoms with E-state index in [-0.39, 0.29) is 23.9 Å². The van der Waals surface area contributed by atoms with Crippen LogP contribution >= 0.6 is 0 Å². The highest BCUT2D eigenvalue weighted by atomic mass is 16.2. The van der Waals surface area contributed by atoms with E-state index in [0.717, 1.165) is 19.3 Å². The number of amides is 2. The van der Waals surface area contributed by atoms with Gasteiger partial charge in [0.15, 0.2) is 0 Å². The third kappa shape index (κ3) is 3.60. The summed E-state index contributed by atoms with van der Waals surface area (Å²) in [6.45, 7) is 3.97. The Bertz CT molecular complexity index is 348. The fourth-order valence-corrected chi connectivity index (χ4v) is 3.33. The maximum absolute atomic E-state index is 12.4. The fraction of sp³-hybridized carbons (Fsp3) is 0.875. The van der Waals surface area contributed by atoms with Gasteiger partial charge in [0, 0.05) is 12.1 Å². The fourth-order valence-electron chi connectivity index (χ4n) is 3.33. The standard InChI is InChI=1S/C16H28N2O2/c1-3-12(2)18-15(19)11-14(16(18)20)17-13-9-7-5-4-6-8-10-13/h12-14,17H,3-11H2,1-2H3. The molecule has 2 aliphatic rings. The minimum absolute atomic E-state index is 0.00676. The number of likely N-dealkylation sites (tertiary alicyclic amines) is 1. The van der Waals surface area contributed by atoms with Gasteiger partial charge < -0.3 is 5.32 Å². The quantitative estimate of drug-likeness (QED) is 0.805. The predicted molar refractivity (Wildman–Crippen MR) is 79.3 cm³/mol. The Kier molecular flexibility index (Phi) is 5.58. The number of carbonyl (C=O) groups excluding carboxylic acids is 2. The summed E-state index contributed by atoms with van der Waals surface area (Å²) in [6, 6.07) is 0.161. The lowest BCUT2D eigenvalue weighted by Gasteiger charge is -2.25. The monoisotopic (exact) mass is 280 g/mol. The minimum atomic E-state index is -0.277. The van der Waals surface area contributed by atoms with E-state index < -0.39 is 0 Å². The third-order valence-corrected chi connectivity index (χ3v) is 4.76. The number of rotatable bonds is 4. The van der Waals surface area contributed by atoms with Gasteiger partial charge in [0.1, 0.15) is 0 Å². The molecular formula is C16H28N2O2. The van der Waals surface area contributed by atoms with E-state index in [1.807, 2.05) is 13.8 Å². The molecule has 2 unspecified atom stereocenters. The molecule has 2 rings (SSSR count). The van der Waals surface area contributed by atoms with Crippen LogP contribution in [0.4, 0.5) is 0 Å². The molecule has 0 radical (unpaired) electrons. The van der Waals surface area contributed by atoms with Crippen LogP contribution in [0.25, 0.3) is 0 Å². The summed E-state index contributed by atoms with van der Waals surface area (Å²) in [5.41, 5.74) is 0. The molecule has 0 bridgehead atoms. The molecule has 0 spiro atoms. The molecule has 1 aliphatic carbocycles. The summed E-state index contributed by atoms with van der Waals surface area (Å²) in [6.07, 6.45) is 9.87. The third-order valence-electron chi connectivity index (χ3n) is 4.76. The van der Waals surface area contributed by atoms with Crippen molar-refractivity contribution in [2.75, 3.05) is 0 Å². The van der Waals surface area contributed by atoms with Crippen LogP contribution in [0.3, 0.4) is 0 Å². The number of carbonyl (C=O) groups is 2. The normalized spacial score (nSPS) is 27.5. The lowest BCUT2D eigenvalue weighted by atomic mass is 9.96. The van der Waals surface area contributed by atoms with Gasteiger partial charge in [0.05, 0.1) is 12.5 Å². The number of nitrogens with zero attached hydrogens (tertiary/aromatic N) is 1. The summed E-state index contributed by atoms with van der Waals surface area (Å²) in [5, 5.41) is 3.46. The SMILES string of the molecule is CCC(C)N1C(=O)CC(NC2CCCCCCC2)C1=O. The zero-order valence-corrected chi connectivity index (χ0v) is 12.9. The molecule has 2 fully saturated rings. The molecule has 1 heterocycles. The summed E-state index contributed by atoms with van der Waals surface area (Å²) in [7, 11) is 0. The average molecular weight is 280 g/mol. The van der Waals surface area contributed by atoms with Crippen LogP contribution in [0, 0.1) is 0 Å². The van der Waals surface area contributed by atoms with Crippen molar-refractivity contribution >= 4 is 11.8 Å². The van der Waals surface area contributed by atoms with Crippen molar-refractivity contribution in [3.63, 3.8) is 0 Å². The van der Waals surface area contributed by atoms with Gasteiger partial charge in [-0.15, -0.1) is 0 Å². The smallest absolute Gasteiger partial charge is 0.247 e. The first kappa shape index (κ1) is 15.5. The number of hydrogen-bond donors (Lipinski definition) is 1. The number of imide groups is 1. The number of hydrogen-bond acceptors (Lipinski definition) is 3.